The van der Waals surface area contributed by atoms with Crippen molar-refractivity contribution >= 4 is 11.9 Å². The molecule has 0 saturated heterocycles. The van der Waals surface area contributed by atoms with Crippen molar-refractivity contribution in [1.82, 2.24) is 5.32 Å². The number of hydrogen-bond donors (Lipinski definition) is 1. The molecule has 28 heavy (non-hydrogen) atoms. The third kappa shape index (κ3) is 9.04. The smallest absolute Gasteiger partial charge is 0.307 e. The second kappa shape index (κ2) is 12.2. The topological polar surface area (TPSA) is 73.9 Å². The van der Waals surface area contributed by atoms with Crippen LogP contribution < -0.4 is 10.1 Å². The Bertz CT molecular complexity index is 644. The fourth-order valence-corrected chi connectivity index (χ4v) is 2.81. The van der Waals surface area contributed by atoms with Crippen molar-refractivity contribution in [1.29, 1.82) is 0 Å². The van der Waals surface area contributed by atoms with Crippen LogP contribution in [0.3, 0.4) is 0 Å². The predicted molar refractivity (Wildman–Crippen MR) is 109 cm³/mol. The average molecular weight is 392 g/mol. The largest absolute Gasteiger partial charge is 0.488 e. The lowest BCUT2D eigenvalue weighted by molar-refractivity contribution is -0.166. The summed E-state index contributed by atoms with van der Waals surface area (Å²) < 4.78 is 16.5. The molecule has 1 unspecified atom stereocenters. The standard InChI is InChI=1S/C22H33NO5/c1-6-11-18-12-8-9-13-19(18)27-16-22(5,23-17(3)4)28-21(25)15-10-14-20(24)26-7-2/h6,8-9,12-13,17,23H,1,7,10-11,14-16H2,2-5H3. The van der Waals surface area contributed by atoms with Gasteiger partial charge >= 0.3 is 11.9 Å². The van der Waals surface area contributed by atoms with E-state index in [2.05, 4.69) is 11.9 Å². The van der Waals surface area contributed by atoms with Gasteiger partial charge in [-0.25, -0.2) is 0 Å². The molecule has 0 amide bonds. The summed E-state index contributed by atoms with van der Waals surface area (Å²) >= 11 is 0. The Kier molecular flexibility index (Phi) is 10.3. The maximum Gasteiger partial charge on any atom is 0.307 e. The van der Waals surface area contributed by atoms with Gasteiger partial charge in [0.15, 0.2) is 5.72 Å². The van der Waals surface area contributed by atoms with Crippen LogP contribution in [0.2, 0.25) is 0 Å². The van der Waals surface area contributed by atoms with Crippen molar-refractivity contribution in [3.8, 4) is 5.75 Å². The molecule has 1 aromatic carbocycles. The SMILES string of the molecule is C=CCc1ccccc1OCC(C)(NC(C)C)OC(=O)CCCC(=O)OCC. The van der Waals surface area contributed by atoms with Gasteiger partial charge in [0.1, 0.15) is 12.4 Å². The Labute approximate surface area is 168 Å². The molecule has 0 aliphatic heterocycles. The minimum absolute atomic E-state index is 0.0874. The van der Waals surface area contributed by atoms with Gasteiger partial charge in [0.05, 0.1) is 6.61 Å². The van der Waals surface area contributed by atoms with Crippen LogP contribution in [0.15, 0.2) is 36.9 Å². The number of benzene rings is 1. The monoisotopic (exact) mass is 391 g/mol. The van der Waals surface area contributed by atoms with Crippen molar-refractivity contribution in [3.05, 3.63) is 42.5 Å². The van der Waals surface area contributed by atoms with Crippen LogP contribution in [0.4, 0.5) is 0 Å². The zero-order valence-electron chi connectivity index (χ0n) is 17.5. The molecule has 1 rings (SSSR count). The molecule has 1 aromatic rings. The summed E-state index contributed by atoms with van der Waals surface area (Å²) in [5.74, 6) is 0.0426. The minimum atomic E-state index is -0.990. The van der Waals surface area contributed by atoms with E-state index in [9.17, 15) is 9.59 Å². The highest BCUT2D eigenvalue weighted by Crippen LogP contribution is 2.21. The van der Waals surface area contributed by atoms with Crippen LogP contribution in [-0.2, 0) is 25.5 Å². The van der Waals surface area contributed by atoms with E-state index in [4.69, 9.17) is 14.2 Å². The highest BCUT2D eigenvalue weighted by Gasteiger charge is 2.30. The van der Waals surface area contributed by atoms with E-state index in [1.165, 1.54) is 0 Å². The van der Waals surface area contributed by atoms with Crippen LogP contribution >= 0.6 is 0 Å². The van der Waals surface area contributed by atoms with Gasteiger partial charge in [-0.3, -0.25) is 14.9 Å². The summed E-state index contributed by atoms with van der Waals surface area (Å²) in [5.41, 5.74) is 0.0291. The number of esters is 2. The average Bonchev–Trinajstić information content (AvgIpc) is 2.60. The zero-order chi connectivity index (χ0) is 21.0. The van der Waals surface area contributed by atoms with E-state index in [1.807, 2.05) is 44.2 Å². The predicted octanol–water partition coefficient (Wildman–Crippen LogP) is 3.78. The Morgan fingerprint density at radius 1 is 1.21 bits per heavy atom. The molecule has 0 spiro atoms. The molecule has 1 N–H and O–H groups in total. The van der Waals surface area contributed by atoms with Crippen molar-refractivity contribution in [3.63, 3.8) is 0 Å². The molecular weight excluding hydrogens is 358 g/mol. The van der Waals surface area contributed by atoms with Gasteiger partial charge in [-0.15, -0.1) is 6.58 Å². The number of nitrogens with one attached hydrogen (secondary N) is 1. The maximum atomic E-state index is 12.3. The van der Waals surface area contributed by atoms with Crippen LogP contribution in [0.1, 0.15) is 52.5 Å². The summed E-state index contributed by atoms with van der Waals surface area (Å²) in [6, 6.07) is 7.79. The molecule has 156 valence electrons. The molecule has 0 bridgehead atoms. The third-order valence-electron chi connectivity index (χ3n) is 3.84. The van der Waals surface area contributed by atoms with Crippen LogP contribution in [0.25, 0.3) is 0 Å². The molecule has 6 heteroatoms. The van der Waals surface area contributed by atoms with E-state index >= 15 is 0 Å². The summed E-state index contributed by atoms with van der Waals surface area (Å²) in [7, 11) is 0. The first-order chi connectivity index (χ1) is 13.3. The van der Waals surface area contributed by atoms with Gasteiger partial charge in [0.2, 0.25) is 0 Å². The second-order valence-electron chi connectivity index (χ2n) is 7.05. The van der Waals surface area contributed by atoms with Crippen molar-refractivity contribution in [2.45, 2.75) is 65.1 Å². The highest BCUT2D eigenvalue weighted by molar-refractivity contribution is 5.72. The van der Waals surface area contributed by atoms with Gasteiger partial charge in [0, 0.05) is 18.9 Å². The lowest BCUT2D eigenvalue weighted by Gasteiger charge is -2.32. The molecule has 0 aromatic heterocycles. The second-order valence-corrected chi connectivity index (χ2v) is 7.05. The van der Waals surface area contributed by atoms with Crippen molar-refractivity contribution < 1.29 is 23.8 Å². The van der Waals surface area contributed by atoms with Gasteiger partial charge in [-0.2, -0.15) is 0 Å². The number of allylic oxidation sites excluding steroid dienone is 1. The normalized spacial score (nSPS) is 12.9. The summed E-state index contributed by atoms with van der Waals surface area (Å²) in [6.07, 6.45) is 3.23. The first kappa shape index (κ1) is 23.7. The van der Waals surface area contributed by atoms with E-state index in [0.717, 1.165) is 11.3 Å². The quantitative estimate of drug-likeness (QED) is 0.313. The van der Waals surface area contributed by atoms with Crippen LogP contribution in [0, 0.1) is 0 Å². The summed E-state index contributed by atoms with van der Waals surface area (Å²) in [5, 5.41) is 3.25. The number of hydrogen-bond acceptors (Lipinski definition) is 6. The lowest BCUT2D eigenvalue weighted by Crippen LogP contribution is -2.53. The van der Waals surface area contributed by atoms with E-state index < -0.39 is 5.72 Å². The Morgan fingerprint density at radius 2 is 1.89 bits per heavy atom. The Hall–Kier alpha value is -2.34. The molecule has 0 fully saturated rings. The molecule has 6 nitrogen and oxygen atoms in total. The molecule has 0 heterocycles. The first-order valence-corrected chi connectivity index (χ1v) is 9.76. The molecule has 0 saturated carbocycles. The summed E-state index contributed by atoms with van der Waals surface area (Å²) in [6.45, 7) is 11.7. The molecule has 1 atom stereocenters. The number of rotatable bonds is 13. The minimum Gasteiger partial charge on any atom is -0.488 e. The number of carbonyl (C=O) groups is 2. The number of ether oxygens (including phenoxy) is 3. The van der Waals surface area contributed by atoms with Crippen LogP contribution in [0.5, 0.6) is 5.75 Å². The van der Waals surface area contributed by atoms with Gasteiger partial charge < -0.3 is 14.2 Å². The number of carbonyl (C=O) groups excluding carboxylic acids is 2. The summed E-state index contributed by atoms with van der Waals surface area (Å²) in [4.78, 5) is 23.7. The number of para-hydroxylation sites is 1. The van der Waals surface area contributed by atoms with E-state index in [1.54, 1.807) is 13.8 Å². The van der Waals surface area contributed by atoms with Crippen molar-refractivity contribution in [2.24, 2.45) is 0 Å². The van der Waals surface area contributed by atoms with Crippen LogP contribution in [-0.4, -0.2) is 36.9 Å². The van der Waals surface area contributed by atoms with Gasteiger partial charge in [-0.1, -0.05) is 24.3 Å². The van der Waals surface area contributed by atoms with E-state index in [-0.39, 0.29) is 37.4 Å². The lowest BCUT2D eigenvalue weighted by atomic mass is 10.1. The Morgan fingerprint density at radius 3 is 2.54 bits per heavy atom. The fourth-order valence-electron chi connectivity index (χ4n) is 2.81. The zero-order valence-corrected chi connectivity index (χ0v) is 17.5. The maximum absolute atomic E-state index is 12.3. The third-order valence-corrected chi connectivity index (χ3v) is 3.84. The Balaban J connectivity index is 2.68. The first-order valence-electron chi connectivity index (χ1n) is 9.76. The molecule has 0 radical (unpaired) electrons. The highest BCUT2D eigenvalue weighted by atomic mass is 16.6. The van der Waals surface area contributed by atoms with E-state index in [0.29, 0.717) is 19.4 Å². The van der Waals surface area contributed by atoms with Crippen molar-refractivity contribution in [2.75, 3.05) is 13.2 Å². The fraction of sp³-hybridized carbons (Fsp3) is 0.545. The molecule has 0 aliphatic rings. The molecule has 0 aliphatic carbocycles. The van der Waals surface area contributed by atoms with Gasteiger partial charge in [-0.05, 0) is 52.2 Å². The molecular formula is C22H33NO5. The van der Waals surface area contributed by atoms with Gasteiger partial charge in [0.25, 0.3) is 0 Å².